The summed E-state index contributed by atoms with van der Waals surface area (Å²) >= 11 is 0. The largest absolute Gasteiger partial charge is 1.00 e. The van der Waals surface area contributed by atoms with Gasteiger partial charge in [0, 0.05) is 31.6 Å². The quantitative estimate of drug-likeness (QED) is 0.106. The van der Waals surface area contributed by atoms with Gasteiger partial charge in [-0.25, -0.2) is 0 Å². The molecule has 8 nitrogen and oxygen atoms in total. The fraction of sp³-hybridized carbons (Fsp3) is 0.556. The number of nitrogen functional groups attached to an aromatic ring is 1. The Morgan fingerprint density at radius 3 is 2.11 bits per heavy atom. The van der Waals surface area contributed by atoms with Crippen LogP contribution in [0, 0.1) is 0 Å². The van der Waals surface area contributed by atoms with Crippen molar-refractivity contribution in [1.82, 2.24) is 10.6 Å². The molecule has 0 radical (unpaired) electrons. The van der Waals surface area contributed by atoms with Crippen molar-refractivity contribution in [3.8, 4) is 5.75 Å². The van der Waals surface area contributed by atoms with E-state index in [9.17, 15) is 14.7 Å². The Morgan fingerprint density at radius 1 is 1.11 bits per heavy atom. The van der Waals surface area contributed by atoms with E-state index in [0.29, 0.717) is 48.4 Å². The van der Waals surface area contributed by atoms with Gasteiger partial charge in [0.25, 0.3) is 0 Å². The monoisotopic (exact) mass is 402 g/mol. The molecule has 0 aliphatic heterocycles. The lowest BCUT2D eigenvalue weighted by Gasteiger charge is -2.36. The lowest BCUT2D eigenvalue weighted by atomic mass is 10.2. The van der Waals surface area contributed by atoms with Crippen LogP contribution in [0.5, 0.6) is 5.75 Å². The first-order valence-electron chi connectivity index (χ1n) is 8.83. The molecular weight excluding hydrogens is 372 g/mol. The van der Waals surface area contributed by atoms with Gasteiger partial charge in [-0.05, 0) is 24.3 Å². The van der Waals surface area contributed by atoms with E-state index in [1.54, 1.807) is 24.3 Å². The van der Waals surface area contributed by atoms with Gasteiger partial charge in [0.1, 0.15) is 25.0 Å². The second kappa shape index (κ2) is 14.1. The third-order valence-electron chi connectivity index (χ3n) is 4.18. The predicted octanol–water partition coefficient (Wildman–Crippen LogP) is -3.27. The first kappa shape index (κ1) is 25.0. The van der Waals surface area contributed by atoms with Crippen molar-refractivity contribution in [2.75, 3.05) is 52.1 Å². The van der Waals surface area contributed by atoms with E-state index in [1.165, 1.54) is 0 Å². The highest BCUT2D eigenvalue weighted by molar-refractivity contribution is 5.45. The van der Waals surface area contributed by atoms with Gasteiger partial charge >= 0.3 is 0 Å². The van der Waals surface area contributed by atoms with Gasteiger partial charge in [0.2, 0.25) is 12.8 Å². The third-order valence-corrected chi connectivity index (χ3v) is 4.18. The van der Waals surface area contributed by atoms with E-state index >= 15 is 0 Å². The van der Waals surface area contributed by atoms with E-state index in [2.05, 4.69) is 17.7 Å². The van der Waals surface area contributed by atoms with E-state index < -0.39 is 6.10 Å². The van der Waals surface area contributed by atoms with Gasteiger partial charge < -0.3 is 43.1 Å². The molecule has 1 unspecified atom stereocenters. The Labute approximate surface area is 167 Å². The van der Waals surface area contributed by atoms with Gasteiger partial charge in [0.05, 0.1) is 20.1 Å². The summed E-state index contributed by atoms with van der Waals surface area (Å²) in [6, 6.07) is 7.04. The number of nitrogens with zero attached hydrogens (tertiary/aromatic N) is 1. The number of ether oxygens (including phenoxy) is 1. The molecule has 1 aromatic carbocycles. The molecule has 0 fully saturated rings. The van der Waals surface area contributed by atoms with Crippen molar-refractivity contribution in [2.45, 2.75) is 18.9 Å². The topological polar surface area (TPSA) is 114 Å². The molecule has 1 rings (SSSR count). The number of anilines is 1. The smallest absolute Gasteiger partial charge is 0.207 e. The summed E-state index contributed by atoms with van der Waals surface area (Å²) in [5.74, 6) is 0.665. The number of hydrogen-bond donors (Lipinski definition) is 4. The van der Waals surface area contributed by atoms with Crippen LogP contribution in [0.4, 0.5) is 5.69 Å². The van der Waals surface area contributed by atoms with Crippen molar-refractivity contribution in [3.05, 3.63) is 24.3 Å². The molecule has 0 saturated carbocycles. The van der Waals surface area contributed by atoms with Crippen LogP contribution in [-0.4, -0.2) is 74.9 Å². The standard InChI is InChI=1S/C18H30N4O4.ClH/c1-22(10-2-8-20-14-23,11-3-9-21-15-24)12-17(25)13-26-18-6-4-16(19)5-7-18;/h4-7,14-15,17,25H,2-3,8-13,19H2,1H3,(H-,20,21,23,24);1H. The van der Waals surface area contributed by atoms with Crippen LogP contribution in [0.3, 0.4) is 0 Å². The number of carbonyl (C=O) groups is 2. The minimum absolute atomic E-state index is 0. The second-order valence-corrected chi connectivity index (χ2v) is 6.63. The first-order valence-corrected chi connectivity index (χ1v) is 8.83. The van der Waals surface area contributed by atoms with Crippen LogP contribution in [0.25, 0.3) is 0 Å². The normalized spacial score (nSPS) is 11.8. The average molecular weight is 403 g/mol. The number of amides is 2. The zero-order valence-corrected chi connectivity index (χ0v) is 16.5. The highest BCUT2D eigenvalue weighted by Crippen LogP contribution is 2.14. The van der Waals surface area contributed by atoms with Gasteiger partial charge in [-0.3, -0.25) is 9.59 Å². The highest BCUT2D eigenvalue weighted by Gasteiger charge is 2.25. The van der Waals surface area contributed by atoms with E-state index in [0.717, 1.165) is 25.9 Å². The molecule has 9 heteroatoms. The molecule has 2 amide bonds. The molecule has 0 saturated heterocycles. The maximum Gasteiger partial charge on any atom is 0.207 e. The summed E-state index contributed by atoms with van der Waals surface area (Å²) in [5.41, 5.74) is 6.30. The van der Waals surface area contributed by atoms with Crippen LogP contribution in [-0.2, 0) is 9.59 Å². The molecule has 0 aliphatic carbocycles. The molecular formula is C18H31ClN4O4. The number of quaternary nitrogens is 1. The van der Waals surface area contributed by atoms with Gasteiger partial charge in [-0.2, -0.15) is 0 Å². The Morgan fingerprint density at radius 2 is 1.63 bits per heavy atom. The number of nitrogens with one attached hydrogen (secondary N) is 2. The minimum Gasteiger partial charge on any atom is -1.00 e. The fourth-order valence-electron chi connectivity index (χ4n) is 2.86. The van der Waals surface area contributed by atoms with Gasteiger partial charge in [0.15, 0.2) is 0 Å². The maximum absolute atomic E-state index is 10.4. The fourth-order valence-corrected chi connectivity index (χ4v) is 2.86. The van der Waals surface area contributed by atoms with E-state index in [1.807, 2.05) is 0 Å². The third kappa shape index (κ3) is 11.3. The number of aliphatic hydroxyl groups excluding tert-OH is 1. The van der Waals surface area contributed by atoms with Crippen molar-refractivity contribution in [2.24, 2.45) is 0 Å². The van der Waals surface area contributed by atoms with Crippen molar-refractivity contribution in [1.29, 1.82) is 0 Å². The lowest BCUT2D eigenvalue weighted by Crippen LogP contribution is -3.00. The zero-order valence-electron chi connectivity index (χ0n) is 15.8. The van der Waals surface area contributed by atoms with Crippen molar-refractivity contribution in [3.63, 3.8) is 0 Å². The summed E-state index contributed by atoms with van der Waals surface area (Å²) in [6.07, 6.45) is 2.36. The van der Waals surface area contributed by atoms with Crippen molar-refractivity contribution >= 4 is 18.5 Å². The number of hydrogen-bond acceptors (Lipinski definition) is 5. The van der Waals surface area contributed by atoms with Gasteiger partial charge in [-0.1, -0.05) is 0 Å². The van der Waals surface area contributed by atoms with Crippen LogP contribution in [0.15, 0.2) is 24.3 Å². The molecule has 0 bridgehead atoms. The molecule has 0 spiro atoms. The average Bonchev–Trinajstić information content (AvgIpc) is 2.62. The number of nitrogens with two attached hydrogens (primary N) is 1. The summed E-state index contributed by atoms with van der Waals surface area (Å²) in [4.78, 5) is 20.7. The molecule has 0 aliphatic rings. The van der Waals surface area contributed by atoms with Crippen LogP contribution >= 0.6 is 0 Å². The number of carbonyl (C=O) groups excluding carboxylic acids is 2. The number of halogens is 1. The number of benzene rings is 1. The summed E-state index contributed by atoms with van der Waals surface area (Å²) in [6.45, 7) is 3.53. The minimum atomic E-state index is -0.629. The van der Waals surface area contributed by atoms with Crippen molar-refractivity contribution < 1.29 is 36.3 Å². The number of likely N-dealkylation sites (N-methyl/N-ethyl adjacent to an activating group) is 1. The van der Waals surface area contributed by atoms with Crippen LogP contribution in [0.2, 0.25) is 0 Å². The summed E-state index contributed by atoms with van der Waals surface area (Å²) in [5, 5.41) is 15.7. The number of aliphatic hydroxyl groups is 1. The molecule has 154 valence electrons. The van der Waals surface area contributed by atoms with E-state index in [4.69, 9.17) is 10.5 Å². The lowest BCUT2D eigenvalue weighted by molar-refractivity contribution is -0.912. The maximum atomic E-state index is 10.4. The Hall–Kier alpha value is -2.03. The zero-order chi connectivity index (χ0) is 19.3. The van der Waals surface area contributed by atoms with E-state index in [-0.39, 0.29) is 19.0 Å². The highest BCUT2D eigenvalue weighted by atomic mass is 35.5. The van der Waals surface area contributed by atoms with Crippen LogP contribution in [0.1, 0.15) is 12.8 Å². The Bertz CT molecular complexity index is 515. The molecule has 5 N–H and O–H groups in total. The molecule has 1 atom stereocenters. The van der Waals surface area contributed by atoms with Crippen LogP contribution < -0.4 is 33.5 Å². The summed E-state index contributed by atoms with van der Waals surface area (Å²) < 4.78 is 6.25. The predicted molar refractivity (Wildman–Crippen MR) is 101 cm³/mol. The molecule has 1 aromatic rings. The Balaban J connectivity index is 0.00000676. The molecule has 0 heterocycles. The molecule has 27 heavy (non-hydrogen) atoms. The second-order valence-electron chi connectivity index (χ2n) is 6.63. The Kier molecular flexibility index (Phi) is 13.0. The van der Waals surface area contributed by atoms with Gasteiger partial charge in [-0.15, -0.1) is 0 Å². The summed E-state index contributed by atoms with van der Waals surface area (Å²) in [7, 11) is 2.06. The number of rotatable bonds is 15. The molecule has 0 aromatic heterocycles. The first-order chi connectivity index (χ1) is 12.5. The SMILES string of the molecule is C[N+](CCCNC=O)(CCCNC=O)CC(O)COc1ccc(N)cc1.[Cl-].